The van der Waals surface area contributed by atoms with E-state index in [9.17, 15) is 38.5 Å². The Morgan fingerprint density at radius 3 is 2.26 bits per heavy atom. The van der Waals surface area contributed by atoms with E-state index < -0.39 is 65.5 Å². The summed E-state index contributed by atoms with van der Waals surface area (Å²) in [6, 6.07) is 0. The van der Waals surface area contributed by atoms with Gasteiger partial charge in [0.2, 0.25) is 10.4 Å². The van der Waals surface area contributed by atoms with Crippen molar-refractivity contribution < 1.29 is 86.5 Å². The monoisotopic (exact) mass is 700 g/mol. The Kier molecular flexibility index (Phi) is 12.8. The van der Waals surface area contributed by atoms with Gasteiger partial charge in [0.25, 0.3) is 0 Å². The van der Waals surface area contributed by atoms with Crippen molar-refractivity contribution in [3.05, 3.63) is 0 Å². The van der Waals surface area contributed by atoms with Gasteiger partial charge < -0.3 is 44.3 Å². The third kappa shape index (κ3) is 7.56. The summed E-state index contributed by atoms with van der Waals surface area (Å²) >= 11 is 0. The summed E-state index contributed by atoms with van der Waals surface area (Å²) in [6.07, 6.45) is -0.516. The molecule has 5 aliphatic rings. The maximum absolute atomic E-state index is 12.5. The number of methoxy groups -OCH3 is 1. The van der Waals surface area contributed by atoms with E-state index in [4.69, 9.17) is 14.2 Å². The first-order valence-corrected chi connectivity index (χ1v) is 18.6. The summed E-state index contributed by atoms with van der Waals surface area (Å²) in [7, 11) is -3.60. The van der Waals surface area contributed by atoms with Gasteiger partial charge >= 0.3 is 29.6 Å². The Morgan fingerprint density at radius 1 is 0.979 bits per heavy atom. The van der Waals surface area contributed by atoms with Gasteiger partial charge in [-0.1, -0.05) is 34.6 Å². The van der Waals surface area contributed by atoms with Crippen LogP contribution in [-0.4, -0.2) is 107 Å². The van der Waals surface area contributed by atoms with Crippen LogP contribution >= 0.6 is 0 Å². The first kappa shape index (κ1) is 40.3. The van der Waals surface area contributed by atoms with E-state index >= 15 is 0 Å². The summed E-state index contributed by atoms with van der Waals surface area (Å²) in [5.41, 5.74) is -1.79. The summed E-state index contributed by atoms with van der Waals surface area (Å²) in [5, 5.41) is 56.8. The second-order valence-electron chi connectivity index (χ2n) is 16.2. The molecule has 16 atom stereocenters. The van der Waals surface area contributed by atoms with Crippen LogP contribution in [0.1, 0.15) is 92.4 Å². The second-order valence-corrected chi connectivity index (χ2v) is 17.2. The molecule has 0 radical (unpaired) electrons. The van der Waals surface area contributed by atoms with E-state index in [2.05, 4.69) is 25.0 Å². The average Bonchev–Trinajstić information content (AvgIpc) is 3.41. The minimum absolute atomic E-state index is 0. The molecule has 0 spiro atoms. The number of fused-ring (bicyclic) bond motifs is 5. The Morgan fingerprint density at radius 2 is 1.64 bits per heavy atom. The zero-order valence-corrected chi connectivity index (χ0v) is 32.0. The number of aliphatic hydroxyl groups excluding tert-OH is 4. The Hall–Kier alpha value is 0.550. The van der Waals surface area contributed by atoms with E-state index in [0.717, 1.165) is 25.7 Å². The predicted molar refractivity (Wildman–Crippen MR) is 165 cm³/mol. The molecule has 0 bridgehead atoms. The van der Waals surface area contributed by atoms with Gasteiger partial charge in [-0.05, 0) is 91.8 Å². The normalized spacial score (nSPS) is 47.9. The molecule has 5 rings (SSSR count). The van der Waals surface area contributed by atoms with E-state index in [1.807, 2.05) is 13.8 Å². The van der Waals surface area contributed by atoms with Gasteiger partial charge in [0.1, 0.15) is 18.3 Å². The Bertz CT molecular complexity index is 1180. The van der Waals surface area contributed by atoms with Crippen LogP contribution < -0.4 is 29.6 Å². The molecule has 0 amide bonds. The average molecular weight is 701 g/mol. The molecular weight excluding hydrogens is 643 g/mol. The van der Waals surface area contributed by atoms with Crippen molar-refractivity contribution >= 4 is 10.4 Å². The van der Waals surface area contributed by atoms with E-state index in [-0.39, 0.29) is 88.4 Å². The summed E-state index contributed by atoms with van der Waals surface area (Å²) in [5.74, 6) is -0.0767. The van der Waals surface area contributed by atoms with Crippen molar-refractivity contribution in [3.63, 3.8) is 0 Å². The molecule has 268 valence electrons. The molecule has 47 heavy (non-hydrogen) atoms. The molecule has 1 heterocycles. The van der Waals surface area contributed by atoms with Gasteiger partial charge in [-0.15, -0.1) is 0 Å². The first-order chi connectivity index (χ1) is 21.4. The molecule has 1 aliphatic heterocycles. The predicted octanol–water partition coefficient (Wildman–Crippen LogP) is -0.898. The number of hydrogen-bond donors (Lipinski definition) is 5. The topological polar surface area (TPSA) is 195 Å². The van der Waals surface area contributed by atoms with Gasteiger partial charge in [0.15, 0.2) is 6.29 Å². The van der Waals surface area contributed by atoms with Crippen molar-refractivity contribution in [1.82, 2.24) is 0 Å². The van der Waals surface area contributed by atoms with E-state index in [0.29, 0.717) is 25.7 Å². The molecule has 5 fully saturated rings. The van der Waals surface area contributed by atoms with Crippen LogP contribution in [0.3, 0.4) is 0 Å². The zero-order valence-electron chi connectivity index (χ0n) is 29.2. The van der Waals surface area contributed by atoms with Crippen LogP contribution in [0.25, 0.3) is 0 Å². The fourth-order valence-electron chi connectivity index (χ4n) is 11.2. The number of ether oxygens (including phenoxy) is 3. The van der Waals surface area contributed by atoms with Crippen LogP contribution in [0.15, 0.2) is 0 Å². The summed E-state index contributed by atoms with van der Waals surface area (Å²) in [6.45, 7) is 10.00. The van der Waals surface area contributed by atoms with Crippen LogP contribution in [-0.2, 0) is 28.8 Å². The molecule has 1 saturated heterocycles. The molecule has 4 saturated carbocycles. The number of hydrogen-bond acceptors (Lipinski definition) is 12. The van der Waals surface area contributed by atoms with E-state index in [1.54, 1.807) is 0 Å². The third-order valence-electron chi connectivity index (χ3n) is 13.3. The van der Waals surface area contributed by atoms with Crippen LogP contribution in [0.5, 0.6) is 0 Å². The van der Waals surface area contributed by atoms with Crippen molar-refractivity contribution in [2.75, 3.05) is 13.7 Å². The van der Waals surface area contributed by atoms with Gasteiger partial charge in [-0.2, -0.15) is 0 Å². The molecule has 12 nitrogen and oxygen atoms in total. The maximum Gasteiger partial charge on any atom is 1.00 e. The van der Waals surface area contributed by atoms with Crippen molar-refractivity contribution in [2.24, 2.45) is 46.3 Å². The van der Waals surface area contributed by atoms with E-state index in [1.165, 1.54) is 7.11 Å². The molecule has 14 heteroatoms. The Labute approximate surface area is 302 Å². The third-order valence-corrected chi connectivity index (χ3v) is 13.7. The van der Waals surface area contributed by atoms with Gasteiger partial charge in [0.05, 0.1) is 36.6 Å². The molecule has 0 unspecified atom stereocenters. The molecular formula is C33H57NaO12S. The quantitative estimate of drug-likeness (QED) is 0.101. The summed E-state index contributed by atoms with van der Waals surface area (Å²) < 4.78 is 54.6. The Balaban J connectivity index is 0.00000500. The van der Waals surface area contributed by atoms with Crippen molar-refractivity contribution in [3.8, 4) is 0 Å². The molecule has 0 aromatic rings. The van der Waals surface area contributed by atoms with Gasteiger partial charge in [0, 0.05) is 19.4 Å². The SMILES string of the molecule is CO[C@@H]1[C@@H](O)[C@H](O[C@@H](CC[C@@H](C)[C@H]2C[C@H](O)[C@@H]3[C@]2(C)CC[C@@H]2[C@@]4(C)CC[C@H](O)C[C@@H]4[C@@H](O)C[C@]23O)C(C)C)O[C@H]1COS(=O)(=O)[O-].[Na+]. The minimum Gasteiger partial charge on any atom is -0.726 e. The summed E-state index contributed by atoms with van der Waals surface area (Å²) in [4.78, 5) is 0. The van der Waals surface area contributed by atoms with Crippen LogP contribution in [0.2, 0.25) is 0 Å². The fourth-order valence-corrected chi connectivity index (χ4v) is 11.5. The molecule has 0 aromatic heterocycles. The second kappa shape index (κ2) is 14.9. The largest absolute Gasteiger partial charge is 1.00 e. The van der Waals surface area contributed by atoms with Gasteiger partial charge in [-0.25, -0.2) is 8.42 Å². The molecule has 5 N–H and O–H groups in total. The van der Waals surface area contributed by atoms with Gasteiger partial charge in [-0.3, -0.25) is 4.18 Å². The standard InChI is InChI=1S/C33H58O12S.Na/c1-17(2)24(44-30-27(37)28(42-6)25(45-30)16-43-46(39,40)41)8-7-18(3)20-14-22(35)29-32(20,5)12-10-26-31(4)11-9-19(34)13-21(31)23(36)15-33(26,29)38;/h17-30,34-38H,7-16H2,1-6H3,(H,39,40,41);/q;+1/p-1/t18-,19+,20-,21-,22+,23+,24+,25+,26-,27-,28+,29-,30-,31+,32-,33+;/m1./s1. The number of aliphatic hydroxyl groups is 5. The smallest absolute Gasteiger partial charge is 0.726 e. The fraction of sp³-hybridized carbons (Fsp3) is 1.00. The van der Waals surface area contributed by atoms with Crippen molar-refractivity contribution in [1.29, 1.82) is 0 Å². The molecule has 4 aliphatic carbocycles. The minimum atomic E-state index is -4.95. The molecule has 0 aromatic carbocycles. The number of rotatable bonds is 11. The van der Waals surface area contributed by atoms with Crippen LogP contribution in [0.4, 0.5) is 0 Å². The van der Waals surface area contributed by atoms with Crippen LogP contribution in [0, 0.1) is 46.3 Å². The zero-order chi connectivity index (χ0) is 34.0. The maximum atomic E-state index is 12.5. The van der Waals surface area contributed by atoms with Crippen molar-refractivity contribution in [2.45, 2.75) is 147 Å². The first-order valence-electron chi connectivity index (χ1n) is 17.2.